The van der Waals surface area contributed by atoms with Gasteiger partial charge in [-0.2, -0.15) is 0 Å². The van der Waals surface area contributed by atoms with Crippen LogP contribution in [0.4, 0.5) is 4.79 Å². The van der Waals surface area contributed by atoms with Crippen LogP contribution in [0.5, 0.6) is 0 Å². The highest BCUT2D eigenvalue weighted by molar-refractivity contribution is 6.35. The predicted octanol–water partition coefficient (Wildman–Crippen LogP) is 3.11. The maximum absolute atomic E-state index is 12.2. The van der Waals surface area contributed by atoms with Gasteiger partial charge < -0.3 is 19.7 Å². The molecule has 0 spiro atoms. The van der Waals surface area contributed by atoms with Gasteiger partial charge in [-0.25, -0.2) is 4.79 Å². The molecule has 1 heterocycles. The molecule has 2 atom stereocenters. The summed E-state index contributed by atoms with van der Waals surface area (Å²) in [6, 6.07) is 4.91. The average molecular weight is 347 g/mol. The summed E-state index contributed by atoms with van der Waals surface area (Å²) in [5.74, 6) is 0. The Morgan fingerprint density at radius 2 is 2.23 bits per heavy atom. The fraction of sp³-hybridized carbons (Fsp3) is 0.533. The van der Waals surface area contributed by atoms with E-state index in [0.29, 0.717) is 36.4 Å². The van der Waals surface area contributed by atoms with E-state index < -0.39 is 0 Å². The lowest BCUT2D eigenvalue weighted by Gasteiger charge is -2.28. The molecule has 0 radical (unpaired) electrons. The number of nitrogens with zero attached hydrogens (tertiary/aromatic N) is 1. The summed E-state index contributed by atoms with van der Waals surface area (Å²) >= 11 is 12.1. The van der Waals surface area contributed by atoms with Crippen LogP contribution in [0.15, 0.2) is 18.2 Å². The number of hydrogen-bond donors (Lipinski definition) is 1. The third kappa shape index (κ3) is 4.49. The van der Waals surface area contributed by atoms with Crippen LogP contribution in [0, 0.1) is 0 Å². The van der Waals surface area contributed by atoms with Crippen molar-refractivity contribution in [1.82, 2.24) is 10.2 Å². The van der Waals surface area contributed by atoms with Crippen LogP contribution in [0.25, 0.3) is 0 Å². The zero-order valence-corrected chi connectivity index (χ0v) is 14.2. The maximum atomic E-state index is 12.2. The van der Waals surface area contributed by atoms with Crippen molar-refractivity contribution in [2.24, 2.45) is 0 Å². The van der Waals surface area contributed by atoms with Crippen molar-refractivity contribution < 1.29 is 14.3 Å². The van der Waals surface area contributed by atoms with E-state index >= 15 is 0 Å². The topological polar surface area (TPSA) is 50.8 Å². The fourth-order valence-corrected chi connectivity index (χ4v) is 2.77. The van der Waals surface area contributed by atoms with Gasteiger partial charge in [-0.15, -0.1) is 0 Å². The smallest absolute Gasteiger partial charge is 0.317 e. The van der Waals surface area contributed by atoms with Crippen LogP contribution < -0.4 is 5.32 Å². The minimum absolute atomic E-state index is 0.0967. The number of ether oxygens (including phenoxy) is 2. The van der Waals surface area contributed by atoms with Gasteiger partial charge in [-0.05, 0) is 24.6 Å². The normalized spacial score (nSPS) is 19.5. The molecule has 7 heteroatoms. The molecular weight excluding hydrogens is 327 g/mol. The molecule has 1 aliphatic rings. The minimum Gasteiger partial charge on any atom is -0.376 e. The Morgan fingerprint density at radius 3 is 2.86 bits per heavy atom. The third-order valence-electron chi connectivity index (χ3n) is 3.68. The molecule has 1 aromatic rings. The van der Waals surface area contributed by atoms with Crippen molar-refractivity contribution in [3.8, 4) is 0 Å². The summed E-state index contributed by atoms with van der Waals surface area (Å²) < 4.78 is 10.8. The number of carbonyl (C=O) groups is 1. The van der Waals surface area contributed by atoms with Gasteiger partial charge in [-0.3, -0.25) is 0 Å². The van der Waals surface area contributed by atoms with Gasteiger partial charge in [0.1, 0.15) is 0 Å². The highest BCUT2D eigenvalue weighted by Gasteiger charge is 2.21. The maximum Gasteiger partial charge on any atom is 0.317 e. The first-order valence-corrected chi connectivity index (χ1v) is 7.89. The molecule has 0 aromatic heterocycles. The van der Waals surface area contributed by atoms with Gasteiger partial charge in [0.2, 0.25) is 0 Å². The van der Waals surface area contributed by atoms with Crippen LogP contribution in [0.2, 0.25) is 10.0 Å². The van der Waals surface area contributed by atoms with Crippen molar-refractivity contribution in [2.75, 3.05) is 33.4 Å². The van der Waals surface area contributed by atoms with Crippen LogP contribution in [-0.2, 0) is 9.47 Å². The first-order valence-electron chi connectivity index (χ1n) is 7.14. The lowest BCUT2D eigenvalue weighted by molar-refractivity contribution is -0.0856. The molecule has 1 saturated heterocycles. The van der Waals surface area contributed by atoms with E-state index in [1.54, 1.807) is 24.1 Å². The summed E-state index contributed by atoms with van der Waals surface area (Å²) in [5.41, 5.74) is 0.848. The number of urea groups is 1. The van der Waals surface area contributed by atoms with Crippen molar-refractivity contribution in [1.29, 1.82) is 0 Å². The third-order valence-corrected chi connectivity index (χ3v) is 4.24. The minimum atomic E-state index is -0.187. The Labute approximate surface area is 140 Å². The number of rotatable bonds is 4. The first kappa shape index (κ1) is 17.3. The fourth-order valence-electron chi connectivity index (χ4n) is 2.21. The summed E-state index contributed by atoms with van der Waals surface area (Å²) in [6.45, 7) is 4.01. The van der Waals surface area contributed by atoms with Gasteiger partial charge in [0.15, 0.2) is 0 Å². The SMILES string of the molecule is C[C@H](c1ccc(Cl)cc1Cl)N(C)C(=O)NC[C@@H]1COCCO1. The molecular formula is C15H20Cl2N2O3. The molecule has 0 bridgehead atoms. The Balaban J connectivity index is 1.91. The molecule has 22 heavy (non-hydrogen) atoms. The van der Waals surface area contributed by atoms with Crippen LogP contribution >= 0.6 is 23.2 Å². The molecule has 122 valence electrons. The number of amides is 2. The highest BCUT2D eigenvalue weighted by atomic mass is 35.5. The van der Waals surface area contributed by atoms with E-state index in [4.69, 9.17) is 32.7 Å². The first-order chi connectivity index (χ1) is 10.5. The van der Waals surface area contributed by atoms with Crippen molar-refractivity contribution in [2.45, 2.75) is 19.1 Å². The summed E-state index contributed by atoms with van der Waals surface area (Å²) in [4.78, 5) is 13.8. The summed E-state index contributed by atoms with van der Waals surface area (Å²) in [5, 5.41) is 3.96. The lowest BCUT2D eigenvalue weighted by atomic mass is 10.1. The molecule has 0 saturated carbocycles. The number of halogens is 2. The lowest BCUT2D eigenvalue weighted by Crippen LogP contribution is -2.45. The molecule has 1 fully saturated rings. The second kappa shape index (κ2) is 8.02. The second-order valence-corrected chi connectivity index (χ2v) is 6.05. The van der Waals surface area contributed by atoms with Gasteiger partial charge in [-0.1, -0.05) is 29.3 Å². The second-order valence-electron chi connectivity index (χ2n) is 5.21. The molecule has 2 rings (SSSR count). The van der Waals surface area contributed by atoms with Crippen LogP contribution in [0.3, 0.4) is 0 Å². The standard InChI is InChI=1S/C15H20Cl2N2O3/c1-10(13-4-3-11(16)7-14(13)17)19(2)15(20)18-8-12-9-21-5-6-22-12/h3-4,7,10,12H,5-6,8-9H2,1-2H3,(H,18,20)/t10-,12-/m1/s1. The van der Waals surface area contributed by atoms with E-state index in [0.717, 1.165) is 5.56 Å². The Kier molecular flexibility index (Phi) is 6.32. The highest BCUT2D eigenvalue weighted by Crippen LogP contribution is 2.29. The van der Waals surface area contributed by atoms with Gasteiger partial charge in [0, 0.05) is 23.6 Å². The van der Waals surface area contributed by atoms with Crippen molar-refractivity contribution in [3.05, 3.63) is 33.8 Å². The van der Waals surface area contributed by atoms with Gasteiger partial charge in [0.05, 0.1) is 32.0 Å². The predicted molar refractivity (Wildman–Crippen MR) is 86.6 cm³/mol. The Hall–Kier alpha value is -1.01. The summed E-state index contributed by atoms with van der Waals surface area (Å²) in [6.07, 6.45) is -0.0967. The molecule has 5 nitrogen and oxygen atoms in total. The molecule has 1 N–H and O–H groups in total. The number of hydrogen-bond acceptors (Lipinski definition) is 3. The summed E-state index contributed by atoms with van der Waals surface area (Å²) in [7, 11) is 1.73. The number of nitrogens with one attached hydrogen (secondary N) is 1. The number of carbonyl (C=O) groups excluding carboxylic acids is 1. The van der Waals surface area contributed by atoms with Crippen molar-refractivity contribution in [3.63, 3.8) is 0 Å². The van der Waals surface area contributed by atoms with Gasteiger partial charge >= 0.3 is 6.03 Å². The van der Waals surface area contributed by atoms with E-state index in [1.807, 2.05) is 13.0 Å². The van der Waals surface area contributed by atoms with E-state index in [1.165, 1.54) is 0 Å². The zero-order chi connectivity index (χ0) is 16.1. The quantitative estimate of drug-likeness (QED) is 0.911. The molecule has 0 aliphatic carbocycles. The monoisotopic (exact) mass is 346 g/mol. The molecule has 2 amide bonds. The van der Waals surface area contributed by atoms with Crippen LogP contribution in [-0.4, -0.2) is 50.4 Å². The Morgan fingerprint density at radius 1 is 1.45 bits per heavy atom. The van der Waals surface area contributed by atoms with Crippen molar-refractivity contribution >= 4 is 29.2 Å². The van der Waals surface area contributed by atoms with Gasteiger partial charge in [0.25, 0.3) is 0 Å². The zero-order valence-electron chi connectivity index (χ0n) is 12.6. The molecule has 0 unspecified atom stereocenters. The molecule has 1 aromatic carbocycles. The van der Waals surface area contributed by atoms with Crippen LogP contribution in [0.1, 0.15) is 18.5 Å². The van der Waals surface area contributed by atoms with E-state index in [-0.39, 0.29) is 18.2 Å². The van der Waals surface area contributed by atoms with E-state index in [9.17, 15) is 4.79 Å². The van der Waals surface area contributed by atoms with E-state index in [2.05, 4.69) is 5.32 Å². The largest absolute Gasteiger partial charge is 0.376 e. The Bertz CT molecular complexity index is 522. The number of benzene rings is 1. The molecule has 1 aliphatic heterocycles. The average Bonchev–Trinajstić information content (AvgIpc) is 2.52.